The minimum absolute atomic E-state index is 0.730. The van der Waals surface area contributed by atoms with Gasteiger partial charge < -0.3 is 5.32 Å². The van der Waals surface area contributed by atoms with Crippen LogP contribution in [0.15, 0.2) is 0 Å². The van der Waals surface area contributed by atoms with E-state index in [0.29, 0.717) is 0 Å². The van der Waals surface area contributed by atoms with Gasteiger partial charge >= 0.3 is 0 Å². The first-order valence-electron chi connectivity index (χ1n) is 8.65. The van der Waals surface area contributed by atoms with Crippen LogP contribution in [0.25, 0.3) is 0 Å². The Kier molecular flexibility index (Phi) is 6.15. The van der Waals surface area contributed by atoms with Crippen molar-refractivity contribution in [3.05, 3.63) is 0 Å². The standard InChI is InChI=1S/C17H34N2/c1-14(2)12-13-19(15-10-11-15)17-9-7-5-4-6-8-16(17)18-3/h14-18H,4-13H2,1-3H3. The first-order valence-corrected chi connectivity index (χ1v) is 8.65. The fourth-order valence-corrected chi connectivity index (χ4v) is 3.63. The van der Waals surface area contributed by atoms with E-state index in [9.17, 15) is 0 Å². The third-order valence-corrected chi connectivity index (χ3v) is 5.01. The van der Waals surface area contributed by atoms with Crippen LogP contribution in [0.5, 0.6) is 0 Å². The highest BCUT2D eigenvalue weighted by Gasteiger charge is 2.36. The molecule has 0 radical (unpaired) electrons. The van der Waals surface area contributed by atoms with Crippen LogP contribution in [0.3, 0.4) is 0 Å². The third kappa shape index (κ3) is 4.75. The molecule has 0 aromatic heterocycles. The fraction of sp³-hybridized carbons (Fsp3) is 1.00. The SMILES string of the molecule is CNC1CCCCCCC1N(CCC(C)C)C1CC1. The number of nitrogens with one attached hydrogen (secondary N) is 1. The highest BCUT2D eigenvalue weighted by Crippen LogP contribution is 2.33. The van der Waals surface area contributed by atoms with Crippen molar-refractivity contribution in [2.45, 2.75) is 89.8 Å². The van der Waals surface area contributed by atoms with Gasteiger partial charge in [-0.25, -0.2) is 0 Å². The van der Waals surface area contributed by atoms with Crippen LogP contribution < -0.4 is 5.32 Å². The second kappa shape index (κ2) is 7.64. The molecule has 0 aromatic rings. The molecular formula is C17H34N2. The molecule has 0 saturated heterocycles. The Labute approximate surface area is 120 Å². The Balaban J connectivity index is 1.98. The predicted octanol–water partition coefficient (Wildman–Crippen LogP) is 3.81. The summed E-state index contributed by atoms with van der Waals surface area (Å²) >= 11 is 0. The molecule has 1 N–H and O–H groups in total. The molecular weight excluding hydrogens is 232 g/mol. The molecule has 0 amide bonds. The predicted molar refractivity (Wildman–Crippen MR) is 83.5 cm³/mol. The molecule has 2 unspecified atom stereocenters. The van der Waals surface area contributed by atoms with E-state index in [1.54, 1.807) is 0 Å². The molecule has 2 saturated carbocycles. The number of rotatable bonds is 6. The molecule has 2 rings (SSSR count). The topological polar surface area (TPSA) is 15.3 Å². The zero-order valence-electron chi connectivity index (χ0n) is 13.3. The van der Waals surface area contributed by atoms with E-state index in [1.165, 1.54) is 64.3 Å². The monoisotopic (exact) mass is 266 g/mol. The zero-order chi connectivity index (χ0) is 13.7. The number of hydrogen-bond donors (Lipinski definition) is 1. The second-order valence-corrected chi connectivity index (χ2v) is 7.11. The van der Waals surface area contributed by atoms with Crippen molar-refractivity contribution in [1.82, 2.24) is 10.2 Å². The summed E-state index contributed by atoms with van der Waals surface area (Å²) < 4.78 is 0. The molecule has 2 aliphatic carbocycles. The van der Waals surface area contributed by atoms with Gasteiger partial charge in [-0.1, -0.05) is 39.5 Å². The fourth-order valence-electron chi connectivity index (χ4n) is 3.63. The maximum absolute atomic E-state index is 3.63. The van der Waals surface area contributed by atoms with Crippen molar-refractivity contribution in [2.24, 2.45) is 5.92 Å². The summed E-state index contributed by atoms with van der Waals surface area (Å²) in [6.07, 6.45) is 12.8. The minimum Gasteiger partial charge on any atom is -0.315 e. The molecule has 2 nitrogen and oxygen atoms in total. The van der Waals surface area contributed by atoms with Gasteiger partial charge in [0.15, 0.2) is 0 Å². The van der Waals surface area contributed by atoms with Crippen molar-refractivity contribution in [2.75, 3.05) is 13.6 Å². The van der Waals surface area contributed by atoms with Crippen molar-refractivity contribution in [3.63, 3.8) is 0 Å². The van der Waals surface area contributed by atoms with Gasteiger partial charge in [0, 0.05) is 18.1 Å². The maximum Gasteiger partial charge on any atom is 0.0252 e. The van der Waals surface area contributed by atoms with E-state index in [4.69, 9.17) is 0 Å². The van der Waals surface area contributed by atoms with Crippen LogP contribution in [0.1, 0.15) is 71.6 Å². The van der Waals surface area contributed by atoms with Crippen LogP contribution in [0.4, 0.5) is 0 Å². The van der Waals surface area contributed by atoms with Crippen molar-refractivity contribution in [1.29, 1.82) is 0 Å². The molecule has 112 valence electrons. The van der Waals surface area contributed by atoms with Gasteiger partial charge in [-0.3, -0.25) is 4.90 Å². The van der Waals surface area contributed by atoms with E-state index in [-0.39, 0.29) is 0 Å². The average Bonchev–Trinajstić information content (AvgIpc) is 3.16. The molecule has 2 fully saturated rings. The molecule has 2 heteroatoms. The summed E-state index contributed by atoms with van der Waals surface area (Å²) in [5, 5.41) is 3.63. The summed E-state index contributed by atoms with van der Waals surface area (Å²) in [6.45, 7) is 6.04. The minimum atomic E-state index is 0.730. The Bertz CT molecular complexity index is 248. The Morgan fingerprint density at radius 3 is 2.26 bits per heavy atom. The number of hydrogen-bond acceptors (Lipinski definition) is 2. The zero-order valence-corrected chi connectivity index (χ0v) is 13.3. The quantitative estimate of drug-likeness (QED) is 0.786. The lowest BCUT2D eigenvalue weighted by molar-refractivity contribution is 0.122. The molecule has 2 aliphatic rings. The van der Waals surface area contributed by atoms with Crippen LogP contribution in [0, 0.1) is 5.92 Å². The Morgan fingerprint density at radius 2 is 1.68 bits per heavy atom. The lowest BCUT2D eigenvalue weighted by Gasteiger charge is -2.39. The summed E-state index contributed by atoms with van der Waals surface area (Å²) in [6, 6.07) is 2.45. The molecule has 0 aromatic carbocycles. The van der Waals surface area contributed by atoms with Crippen LogP contribution in [-0.4, -0.2) is 36.6 Å². The number of nitrogens with zero attached hydrogens (tertiary/aromatic N) is 1. The van der Waals surface area contributed by atoms with Gasteiger partial charge in [0.25, 0.3) is 0 Å². The van der Waals surface area contributed by atoms with Crippen LogP contribution in [0.2, 0.25) is 0 Å². The molecule has 0 bridgehead atoms. The smallest absolute Gasteiger partial charge is 0.0252 e. The van der Waals surface area contributed by atoms with Crippen molar-refractivity contribution < 1.29 is 0 Å². The average molecular weight is 266 g/mol. The van der Waals surface area contributed by atoms with Gasteiger partial charge in [0.2, 0.25) is 0 Å². The van der Waals surface area contributed by atoms with E-state index in [0.717, 1.165) is 24.0 Å². The molecule has 0 aliphatic heterocycles. The van der Waals surface area contributed by atoms with Gasteiger partial charge in [-0.05, 0) is 51.6 Å². The second-order valence-electron chi connectivity index (χ2n) is 7.11. The summed E-state index contributed by atoms with van der Waals surface area (Å²) in [7, 11) is 2.17. The van der Waals surface area contributed by atoms with E-state index >= 15 is 0 Å². The van der Waals surface area contributed by atoms with Crippen LogP contribution >= 0.6 is 0 Å². The van der Waals surface area contributed by atoms with Crippen molar-refractivity contribution >= 4 is 0 Å². The van der Waals surface area contributed by atoms with Gasteiger partial charge in [0.05, 0.1) is 0 Å². The first kappa shape index (κ1) is 15.3. The number of likely N-dealkylation sites (N-methyl/N-ethyl adjacent to an activating group) is 1. The third-order valence-electron chi connectivity index (χ3n) is 5.01. The van der Waals surface area contributed by atoms with Gasteiger partial charge in [0.1, 0.15) is 0 Å². The summed E-state index contributed by atoms with van der Waals surface area (Å²) in [5.74, 6) is 0.836. The highest BCUT2D eigenvalue weighted by atomic mass is 15.2. The van der Waals surface area contributed by atoms with Gasteiger partial charge in [-0.2, -0.15) is 0 Å². The summed E-state index contributed by atoms with van der Waals surface area (Å²) in [5.41, 5.74) is 0. The first-order chi connectivity index (χ1) is 9.22. The van der Waals surface area contributed by atoms with E-state index in [2.05, 4.69) is 31.1 Å². The normalized spacial score (nSPS) is 29.5. The Morgan fingerprint density at radius 1 is 1.00 bits per heavy atom. The van der Waals surface area contributed by atoms with E-state index < -0.39 is 0 Å². The maximum atomic E-state index is 3.63. The largest absolute Gasteiger partial charge is 0.315 e. The molecule has 2 atom stereocenters. The van der Waals surface area contributed by atoms with Crippen molar-refractivity contribution in [3.8, 4) is 0 Å². The summed E-state index contributed by atoms with van der Waals surface area (Å²) in [4.78, 5) is 2.88. The van der Waals surface area contributed by atoms with Crippen LogP contribution in [-0.2, 0) is 0 Å². The Hall–Kier alpha value is -0.0800. The highest BCUT2D eigenvalue weighted by molar-refractivity contribution is 4.94. The molecule has 19 heavy (non-hydrogen) atoms. The lowest BCUT2D eigenvalue weighted by Crippen LogP contribution is -2.51. The van der Waals surface area contributed by atoms with E-state index in [1.807, 2.05) is 0 Å². The lowest BCUT2D eigenvalue weighted by atomic mass is 9.90. The van der Waals surface area contributed by atoms with Gasteiger partial charge in [-0.15, -0.1) is 0 Å². The molecule has 0 heterocycles. The molecule has 0 spiro atoms.